The summed E-state index contributed by atoms with van der Waals surface area (Å²) in [7, 11) is 2.36. The maximum Gasteiger partial charge on any atom is 0.348 e. The van der Waals surface area contributed by atoms with Crippen molar-refractivity contribution in [2.24, 2.45) is 5.92 Å². The second-order valence-corrected chi connectivity index (χ2v) is 7.55. The van der Waals surface area contributed by atoms with E-state index in [1.807, 2.05) is 0 Å². The highest BCUT2D eigenvalue weighted by Gasteiger charge is 2.36. The largest absolute Gasteiger partial charge is 0.467 e. The molecule has 1 saturated heterocycles. The van der Waals surface area contributed by atoms with Crippen LogP contribution in [0.4, 0.5) is 5.00 Å². The number of rotatable bonds is 7. The highest BCUT2D eigenvalue weighted by molar-refractivity contribution is 7.18. The van der Waals surface area contributed by atoms with Gasteiger partial charge in [0.15, 0.2) is 0 Å². The molecule has 0 aliphatic carbocycles. The zero-order valence-corrected chi connectivity index (χ0v) is 17.2. The van der Waals surface area contributed by atoms with Gasteiger partial charge in [-0.15, -0.1) is 11.3 Å². The molecule has 0 saturated carbocycles. The molecule has 1 aliphatic heterocycles. The first-order valence-electron chi connectivity index (χ1n) is 8.90. The maximum absolute atomic E-state index is 12.5. The number of hydrogen-bond acceptors (Lipinski definition) is 10. The number of anilines is 1. The summed E-state index contributed by atoms with van der Waals surface area (Å²) in [6.45, 7) is 0.0534. The number of nitrogen functional groups attached to an aromatic ring is 1. The molecule has 1 aliphatic rings. The summed E-state index contributed by atoms with van der Waals surface area (Å²) >= 11 is 0.843. The summed E-state index contributed by atoms with van der Waals surface area (Å²) in [5.74, 6) is -2.36. The number of hydrogen-bond donors (Lipinski definition) is 1. The van der Waals surface area contributed by atoms with Crippen LogP contribution in [-0.2, 0) is 37.0 Å². The molecule has 3 heterocycles. The normalized spacial score (nSPS) is 15.9. The zero-order chi connectivity index (χ0) is 21.8. The molecule has 3 rings (SSSR count). The van der Waals surface area contributed by atoms with Crippen LogP contribution < -0.4 is 5.73 Å². The first kappa shape index (κ1) is 21.4. The number of nitrogens with zero attached hydrogens (tertiary/aromatic N) is 1. The topological polar surface area (TPSA) is 138 Å². The number of amides is 1. The number of ether oxygens (including phenoxy) is 3. The van der Waals surface area contributed by atoms with E-state index in [2.05, 4.69) is 0 Å². The van der Waals surface area contributed by atoms with Crippen molar-refractivity contribution < 1.29 is 37.8 Å². The van der Waals surface area contributed by atoms with Gasteiger partial charge in [0.2, 0.25) is 5.91 Å². The summed E-state index contributed by atoms with van der Waals surface area (Å²) in [5, 5.41) is 0.0500. The minimum absolute atomic E-state index is 0.000957. The minimum atomic E-state index is -0.759. The van der Waals surface area contributed by atoms with E-state index in [4.69, 9.17) is 24.4 Å². The Hall–Kier alpha value is -3.34. The lowest BCUT2D eigenvalue weighted by molar-refractivity contribution is -0.149. The number of furan rings is 1. The Balaban J connectivity index is 1.70. The number of likely N-dealkylation sites (tertiary alicyclic amines) is 1. The fourth-order valence-corrected chi connectivity index (χ4v) is 4.12. The van der Waals surface area contributed by atoms with E-state index in [0.717, 1.165) is 11.3 Å². The van der Waals surface area contributed by atoms with Crippen LogP contribution in [0, 0.1) is 5.92 Å². The van der Waals surface area contributed by atoms with E-state index >= 15 is 0 Å². The van der Waals surface area contributed by atoms with Gasteiger partial charge in [0.05, 0.1) is 32.9 Å². The molecule has 160 valence electrons. The number of carbonyl (C=O) groups is 4. The van der Waals surface area contributed by atoms with Gasteiger partial charge in [-0.25, -0.2) is 9.59 Å². The van der Waals surface area contributed by atoms with Gasteiger partial charge in [0.1, 0.15) is 27.8 Å². The second-order valence-electron chi connectivity index (χ2n) is 6.49. The molecule has 0 bridgehead atoms. The zero-order valence-electron chi connectivity index (χ0n) is 16.3. The Morgan fingerprint density at radius 3 is 2.63 bits per heavy atom. The van der Waals surface area contributed by atoms with Crippen LogP contribution in [0.2, 0.25) is 0 Å². The van der Waals surface area contributed by atoms with Gasteiger partial charge < -0.3 is 29.3 Å². The summed E-state index contributed by atoms with van der Waals surface area (Å²) < 4.78 is 20.0. The predicted octanol–water partition coefficient (Wildman–Crippen LogP) is 1.59. The SMILES string of the molecule is COC(=O)c1sc(N)c(C(=O)OC)c1COC(=O)[C@@H]1CC(=O)N(Cc2ccco2)C1. The Morgan fingerprint density at radius 1 is 1.27 bits per heavy atom. The molecule has 0 spiro atoms. The van der Waals surface area contributed by atoms with Crippen LogP contribution in [0.1, 0.15) is 37.8 Å². The molecule has 30 heavy (non-hydrogen) atoms. The van der Waals surface area contributed by atoms with Crippen molar-refractivity contribution >= 4 is 40.2 Å². The number of carbonyl (C=O) groups excluding carboxylic acids is 4. The van der Waals surface area contributed by atoms with Gasteiger partial charge in [-0.1, -0.05) is 0 Å². The van der Waals surface area contributed by atoms with Crippen LogP contribution in [0.25, 0.3) is 0 Å². The van der Waals surface area contributed by atoms with E-state index in [9.17, 15) is 19.2 Å². The third-order valence-corrected chi connectivity index (χ3v) is 5.67. The maximum atomic E-state index is 12.5. The van der Waals surface area contributed by atoms with Crippen LogP contribution in [-0.4, -0.2) is 49.5 Å². The molecular weight excluding hydrogens is 416 g/mol. The molecule has 11 heteroatoms. The van der Waals surface area contributed by atoms with Crippen molar-refractivity contribution in [2.45, 2.75) is 19.6 Å². The lowest BCUT2D eigenvalue weighted by atomic mass is 10.1. The molecule has 2 aromatic heterocycles. The van der Waals surface area contributed by atoms with E-state index in [1.165, 1.54) is 25.4 Å². The Morgan fingerprint density at radius 2 is 2.00 bits per heavy atom. The number of methoxy groups -OCH3 is 2. The highest BCUT2D eigenvalue weighted by atomic mass is 32.1. The van der Waals surface area contributed by atoms with Gasteiger partial charge in [0.25, 0.3) is 0 Å². The van der Waals surface area contributed by atoms with Crippen LogP contribution >= 0.6 is 11.3 Å². The number of thiophene rings is 1. The van der Waals surface area contributed by atoms with Gasteiger partial charge >= 0.3 is 17.9 Å². The standard InChI is InChI=1S/C19H20N2O8S/c1-26-18(24)14-12(15(19(25)27-2)30-16(14)20)9-29-17(23)10-6-13(22)21(7-10)8-11-4-3-5-28-11/h3-5,10H,6-9,20H2,1-2H3/t10-/m1/s1. The summed E-state index contributed by atoms with van der Waals surface area (Å²) in [6, 6.07) is 3.45. The third kappa shape index (κ3) is 4.30. The van der Waals surface area contributed by atoms with Gasteiger partial charge in [-0.2, -0.15) is 0 Å². The highest BCUT2D eigenvalue weighted by Crippen LogP contribution is 2.33. The number of esters is 3. The average molecular weight is 436 g/mol. The summed E-state index contributed by atoms with van der Waals surface area (Å²) in [6.07, 6.45) is 1.50. The number of nitrogens with two attached hydrogens (primary N) is 1. The van der Waals surface area contributed by atoms with E-state index in [1.54, 1.807) is 12.1 Å². The van der Waals surface area contributed by atoms with Crippen molar-refractivity contribution in [3.63, 3.8) is 0 Å². The van der Waals surface area contributed by atoms with E-state index < -0.39 is 23.8 Å². The lowest BCUT2D eigenvalue weighted by Gasteiger charge is -2.15. The average Bonchev–Trinajstić information content (AvgIpc) is 3.45. The van der Waals surface area contributed by atoms with Crippen molar-refractivity contribution in [2.75, 3.05) is 26.5 Å². The van der Waals surface area contributed by atoms with Gasteiger partial charge in [0, 0.05) is 18.5 Å². The molecule has 2 N–H and O–H groups in total. The van der Waals surface area contributed by atoms with Crippen molar-refractivity contribution in [1.82, 2.24) is 4.90 Å². The van der Waals surface area contributed by atoms with E-state index in [-0.39, 0.29) is 53.0 Å². The fourth-order valence-electron chi connectivity index (χ4n) is 3.14. The Kier molecular flexibility index (Phi) is 6.40. The van der Waals surface area contributed by atoms with Gasteiger partial charge in [-0.05, 0) is 12.1 Å². The van der Waals surface area contributed by atoms with Gasteiger partial charge in [-0.3, -0.25) is 9.59 Å². The molecule has 2 aromatic rings. The molecule has 1 atom stereocenters. The molecule has 0 radical (unpaired) electrons. The summed E-state index contributed by atoms with van der Waals surface area (Å²) in [5.41, 5.74) is 5.92. The molecule has 0 unspecified atom stereocenters. The summed E-state index contributed by atoms with van der Waals surface area (Å²) in [4.78, 5) is 50.4. The van der Waals surface area contributed by atoms with Crippen molar-refractivity contribution in [1.29, 1.82) is 0 Å². The van der Waals surface area contributed by atoms with Crippen molar-refractivity contribution in [3.8, 4) is 0 Å². The minimum Gasteiger partial charge on any atom is -0.467 e. The molecule has 10 nitrogen and oxygen atoms in total. The monoisotopic (exact) mass is 436 g/mol. The Labute approximate surface area is 175 Å². The third-order valence-electron chi connectivity index (χ3n) is 4.63. The smallest absolute Gasteiger partial charge is 0.348 e. The molecular formula is C19H20N2O8S. The quantitative estimate of drug-likeness (QED) is 0.506. The van der Waals surface area contributed by atoms with Crippen LogP contribution in [0.15, 0.2) is 22.8 Å². The first-order chi connectivity index (χ1) is 14.3. The van der Waals surface area contributed by atoms with Crippen LogP contribution in [0.5, 0.6) is 0 Å². The lowest BCUT2D eigenvalue weighted by Crippen LogP contribution is -2.26. The predicted molar refractivity (Wildman–Crippen MR) is 103 cm³/mol. The molecule has 1 amide bonds. The second kappa shape index (κ2) is 8.99. The molecule has 1 fully saturated rings. The molecule has 0 aromatic carbocycles. The first-order valence-corrected chi connectivity index (χ1v) is 9.71. The van der Waals surface area contributed by atoms with Crippen molar-refractivity contribution in [3.05, 3.63) is 40.2 Å². The van der Waals surface area contributed by atoms with E-state index in [0.29, 0.717) is 5.76 Å². The fraction of sp³-hybridized carbons (Fsp3) is 0.368. The van der Waals surface area contributed by atoms with Crippen LogP contribution in [0.3, 0.4) is 0 Å². The Bertz CT molecular complexity index is 966.